The molecule has 0 fully saturated rings. The summed E-state index contributed by atoms with van der Waals surface area (Å²) in [4.78, 5) is 0. The van der Waals surface area contributed by atoms with Crippen LogP contribution in [-0.2, 0) is 9.84 Å². The molecule has 0 spiro atoms. The van der Waals surface area contributed by atoms with Crippen molar-refractivity contribution in [3.8, 4) is 0 Å². The topological polar surface area (TPSA) is 54.4 Å². The quantitative estimate of drug-likeness (QED) is 0.537. The highest BCUT2D eigenvalue weighted by Gasteiger charge is 2.11. The van der Waals surface area contributed by atoms with E-state index in [9.17, 15) is 8.42 Å². The molecule has 1 rings (SSSR count). The molecule has 50 valence electrons. The molecule has 1 heterocycles. The molecule has 0 aromatic carbocycles. The molecule has 0 saturated heterocycles. The van der Waals surface area contributed by atoms with E-state index in [1.807, 2.05) is 0 Å². The fourth-order valence-corrected chi connectivity index (χ4v) is 1.50. The summed E-state index contributed by atoms with van der Waals surface area (Å²) in [5, 5.41) is 9.75. The number of allylic oxidation sites excluding steroid dienone is 2. The largest absolute Gasteiger partial charge is 0.511 e. The van der Waals surface area contributed by atoms with E-state index in [4.69, 9.17) is 5.11 Å². The van der Waals surface area contributed by atoms with Crippen LogP contribution in [0.1, 0.15) is 0 Å². The van der Waals surface area contributed by atoms with E-state index in [2.05, 4.69) is 0 Å². The first-order valence-electron chi connectivity index (χ1n) is 2.39. The summed E-state index contributed by atoms with van der Waals surface area (Å²) in [6.07, 6.45) is 2.68. The maximum absolute atomic E-state index is 10.6. The van der Waals surface area contributed by atoms with Gasteiger partial charge in [-0.05, 0) is 12.2 Å². The maximum atomic E-state index is 10.6. The fraction of sp³-hybridized carbons (Fsp3) is 0.200. The van der Waals surface area contributed by atoms with Gasteiger partial charge in [0.1, 0.15) is 11.5 Å². The van der Waals surface area contributed by atoms with E-state index in [1.54, 1.807) is 0 Å². The van der Waals surface area contributed by atoms with Crippen LogP contribution < -0.4 is 0 Å². The van der Waals surface area contributed by atoms with Crippen LogP contribution in [-0.4, -0.2) is 19.3 Å². The van der Waals surface area contributed by atoms with Gasteiger partial charge in [0.05, 0.1) is 0 Å². The third-order valence-corrected chi connectivity index (χ3v) is 2.19. The number of rotatable bonds is 0. The van der Waals surface area contributed by atoms with Gasteiger partial charge in [-0.15, -0.1) is 0 Å². The Balaban J connectivity index is 2.99. The predicted molar refractivity (Wildman–Crippen MR) is 33.6 cm³/mol. The van der Waals surface area contributed by atoms with E-state index < -0.39 is 9.84 Å². The average Bonchev–Trinajstić information content (AvgIpc) is 1.60. The molecule has 1 N–H and O–H groups in total. The van der Waals surface area contributed by atoms with Crippen molar-refractivity contribution in [1.82, 2.24) is 0 Å². The zero-order valence-electron chi connectivity index (χ0n) is 4.61. The predicted octanol–water partition coefficient (Wildman–Crippen LogP) is 0.370. The van der Waals surface area contributed by atoms with Gasteiger partial charge in [-0.3, -0.25) is 0 Å². The van der Waals surface area contributed by atoms with Crippen LogP contribution in [0.15, 0.2) is 23.3 Å². The average molecular weight is 146 g/mol. The Morgan fingerprint density at radius 1 is 1.56 bits per heavy atom. The molecular formula is C5H6O3S. The first kappa shape index (κ1) is 6.35. The standard InChI is InChI=1S/C5H6O3S/c6-5-2-1-3-9(7,8)4-5/h1-3,6H,4H2. The zero-order valence-corrected chi connectivity index (χ0v) is 5.43. The van der Waals surface area contributed by atoms with Crippen molar-refractivity contribution >= 4 is 9.84 Å². The molecule has 0 atom stereocenters. The molecule has 1 aliphatic rings. The molecule has 0 aromatic rings. The SMILES string of the molecule is O=S1(=O)C=CC=C(O)C1. The highest BCUT2D eigenvalue weighted by atomic mass is 32.2. The van der Waals surface area contributed by atoms with Crippen LogP contribution in [0, 0.1) is 0 Å². The van der Waals surface area contributed by atoms with Gasteiger partial charge < -0.3 is 5.11 Å². The monoisotopic (exact) mass is 146 g/mol. The summed E-state index contributed by atoms with van der Waals surface area (Å²) >= 11 is 0. The van der Waals surface area contributed by atoms with Gasteiger partial charge in [0.15, 0.2) is 9.84 Å². The van der Waals surface area contributed by atoms with Crippen molar-refractivity contribution in [1.29, 1.82) is 0 Å². The van der Waals surface area contributed by atoms with Crippen LogP contribution in [0.4, 0.5) is 0 Å². The van der Waals surface area contributed by atoms with Gasteiger partial charge in [0.2, 0.25) is 0 Å². The summed E-state index contributed by atoms with van der Waals surface area (Å²) in [6.45, 7) is 0. The Bertz CT molecular complexity index is 258. The lowest BCUT2D eigenvalue weighted by atomic mass is 10.5. The molecule has 0 amide bonds. The van der Waals surface area contributed by atoms with Crippen molar-refractivity contribution in [3.63, 3.8) is 0 Å². The number of sulfone groups is 1. The molecule has 4 heteroatoms. The van der Waals surface area contributed by atoms with Gasteiger partial charge in [-0.25, -0.2) is 8.42 Å². The van der Waals surface area contributed by atoms with Crippen molar-refractivity contribution < 1.29 is 13.5 Å². The minimum absolute atomic E-state index is 0.0995. The number of hydrogen-bond acceptors (Lipinski definition) is 3. The van der Waals surface area contributed by atoms with Crippen LogP contribution in [0.25, 0.3) is 0 Å². The second-order valence-corrected chi connectivity index (χ2v) is 3.68. The van der Waals surface area contributed by atoms with E-state index in [1.165, 1.54) is 12.2 Å². The van der Waals surface area contributed by atoms with E-state index in [0.717, 1.165) is 5.41 Å². The molecule has 3 nitrogen and oxygen atoms in total. The zero-order chi connectivity index (χ0) is 6.91. The fourth-order valence-electron chi connectivity index (χ4n) is 0.572. The number of aliphatic hydroxyl groups is 1. The highest BCUT2D eigenvalue weighted by Crippen LogP contribution is 2.05. The minimum atomic E-state index is -3.13. The van der Waals surface area contributed by atoms with Crippen molar-refractivity contribution in [2.75, 3.05) is 5.75 Å². The Morgan fingerprint density at radius 2 is 2.22 bits per heavy atom. The molecule has 0 bridgehead atoms. The minimum Gasteiger partial charge on any atom is -0.511 e. The maximum Gasteiger partial charge on any atom is 0.178 e. The van der Waals surface area contributed by atoms with Gasteiger partial charge in [-0.1, -0.05) is 0 Å². The molecule has 0 saturated carbocycles. The third-order valence-electron chi connectivity index (χ3n) is 0.924. The van der Waals surface area contributed by atoms with Gasteiger partial charge in [-0.2, -0.15) is 0 Å². The smallest absolute Gasteiger partial charge is 0.178 e. The summed E-state index contributed by atoms with van der Waals surface area (Å²) in [7, 11) is -3.13. The van der Waals surface area contributed by atoms with Crippen LogP contribution in [0.3, 0.4) is 0 Å². The van der Waals surface area contributed by atoms with Crippen LogP contribution in [0.5, 0.6) is 0 Å². The number of aliphatic hydroxyl groups excluding tert-OH is 1. The summed E-state index contributed by atoms with van der Waals surface area (Å²) in [5.41, 5.74) is 0. The van der Waals surface area contributed by atoms with Crippen molar-refractivity contribution in [2.45, 2.75) is 0 Å². The first-order chi connectivity index (χ1) is 4.10. The first-order valence-corrected chi connectivity index (χ1v) is 4.11. The third kappa shape index (κ3) is 1.57. The Hall–Kier alpha value is -0.770. The number of hydrogen-bond donors (Lipinski definition) is 1. The molecule has 1 aliphatic heterocycles. The lowest BCUT2D eigenvalue weighted by Crippen LogP contribution is -2.07. The van der Waals surface area contributed by atoms with E-state index >= 15 is 0 Å². The second kappa shape index (κ2) is 1.88. The summed E-state index contributed by atoms with van der Waals surface area (Å²) in [6, 6.07) is 0. The van der Waals surface area contributed by atoms with Crippen molar-refractivity contribution in [3.05, 3.63) is 23.3 Å². The summed E-state index contributed by atoms with van der Waals surface area (Å²) < 4.78 is 21.1. The van der Waals surface area contributed by atoms with Crippen LogP contribution in [0.2, 0.25) is 0 Å². The van der Waals surface area contributed by atoms with E-state index in [0.29, 0.717) is 0 Å². The summed E-state index contributed by atoms with van der Waals surface area (Å²) in [5.74, 6) is -0.360. The molecule has 0 unspecified atom stereocenters. The van der Waals surface area contributed by atoms with Gasteiger partial charge in [0, 0.05) is 5.41 Å². The van der Waals surface area contributed by atoms with Crippen molar-refractivity contribution in [2.24, 2.45) is 0 Å². The van der Waals surface area contributed by atoms with Gasteiger partial charge >= 0.3 is 0 Å². The lowest BCUT2D eigenvalue weighted by Gasteiger charge is -2.00. The van der Waals surface area contributed by atoms with Crippen LogP contribution >= 0.6 is 0 Å². The Morgan fingerprint density at radius 3 is 2.56 bits per heavy atom. The molecular weight excluding hydrogens is 140 g/mol. The normalized spacial score (nSPS) is 23.3. The lowest BCUT2D eigenvalue weighted by molar-refractivity contribution is 0.414. The second-order valence-electron chi connectivity index (χ2n) is 1.79. The van der Waals surface area contributed by atoms with E-state index in [-0.39, 0.29) is 11.5 Å². The molecule has 0 aromatic heterocycles. The Labute approximate surface area is 53.2 Å². The molecule has 9 heavy (non-hydrogen) atoms. The van der Waals surface area contributed by atoms with Gasteiger partial charge in [0.25, 0.3) is 0 Å². The molecule has 0 aliphatic carbocycles. The highest BCUT2D eigenvalue weighted by molar-refractivity contribution is 7.94. The Kier molecular flexibility index (Phi) is 1.32. The molecule has 0 radical (unpaired) electrons.